The van der Waals surface area contributed by atoms with Crippen molar-refractivity contribution in [3.8, 4) is 0 Å². The molecule has 0 saturated carbocycles. The Labute approximate surface area is 173 Å². The zero-order valence-electron chi connectivity index (χ0n) is 15.2. The Morgan fingerprint density at radius 3 is 2.78 bits per heavy atom. The van der Waals surface area contributed by atoms with Crippen LogP contribution in [0.2, 0.25) is 5.02 Å². The molecule has 9 heteroatoms. The molecule has 0 spiro atoms. The highest BCUT2D eigenvalue weighted by molar-refractivity contribution is 7.15. The molecule has 0 fully saturated rings. The van der Waals surface area contributed by atoms with Crippen molar-refractivity contribution in [3.05, 3.63) is 63.4 Å². The van der Waals surface area contributed by atoms with Crippen molar-refractivity contribution in [1.29, 1.82) is 0 Å². The van der Waals surface area contributed by atoms with Crippen LogP contribution in [-0.2, 0) is 18.3 Å². The fourth-order valence-electron chi connectivity index (χ4n) is 2.61. The third-order valence-electron chi connectivity index (χ3n) is 4.01. The van der Waals surface area contributed by atoms with Gasteiger partial charge in [-0.25, -0.2) is 4.98 Å². The minimum atomic E-state index is -0.480. The third kappa shape index (κ3) is 5.29. The first-order valence-electron chi connectivity index (χ1n) is 8.12. The van der Waals surface area contributed by atoms with Crippen molar-refractivity contribution in [2.45, 2.75) is 19.4 Å². The summed E-state index contributed by atoms with van der Waals surface area (Å²) in [5.74, 6) is -0.167. The number of anilines is 1. The molecule has 0 aliphatic rings. The van der Waals surface area contributed by atoms with Crippen LogP contribution in [0.5, 0.6) is 0 Å². The van der Waals surface area contributed by atoms with Gasteiger partial charge in [-0.2, -0.15) is 5.10 Å². The van der Waals surface area contributed by atoms with Gasteiger partial charge in [-0.15, -0.1) is 23.7 Å². The smallest absolute Gasteiger partial charge is 0.247 e. The van der Waals surface area contributed by atoms with Gasteiger partial charge in [-0.1, -0.05) is 23.7 Å². The van der Waals surface area contributed by atoms with E-state index in [4.69, 9.17) is 11.6 Å². The summed E-state index contributed by atoms with van der Waals surface area (Å²) in [6, 6.07) is 5.55. The van der Waals surface area contributed by atoms with E-state index in [1.165, 1.54) is 11.3 Å². The lowest BCUT2D eigenvalue weighted by Crippen LogP contribution is -2.30. The van der Waals surface area contributed by atoms with Crippen molar-refractivity contribution in [3.63, 3.8) is 0 Å². The molecule has 3 rings (SSSR count). The van der Waals surface area contributed by atoms with E-state index in [1.807, 2.05) is 32.3 Å². The number of aromatic nitrogens is 3. The van der Waals surface area contributed by atoms with Gasteiger partial charge in [0.1, 0.15) is 6.04 Å². The molecule has 2 heterocycles. The monoisotopic (exact) mass is 425 g/mol. The summed E-state index contributed by atoms with van der Waals surface area (Å²) >= 11 is 7.64. The highest BCUT2D eigenvalue weighted by Crippen LogP contribution is 2.24. The normalized spacial score (nSPS) is 11.7. The number of thiazole rings is 1. The van der Waals surface area contributed by atoms with Crippen LogP contribution in [-0.4, -0.2) is 27.7 Å². The molecule has 1 unspecified atom stereocenters. The SMILES string of the molecule is CNC(C(=O)Nc1ncc(Cc2ccc(C)c(Cl)c2)s1)c1cnn(C)c1.Cl. The molecule has 2 aromatic heterocycles. The molecule has 2 N–H and O–H groups in total. The van der Waals surface area contributed by atoms with Crippen LogP contribution in [0.3, 0.4) is 0 Å². The van der Waals surface area contributed by atoms with E-state index >= 15 is 0 Å². The number of aryl methyl sites for hydroxylation is 2. The Bertz CT molecular complexity index is 924. The first-order chi connectivity index (χ1) is 12.5. The molecule has 0 aliphatic heterocycles. The second kappa shape index (κ2) is 9.32. The molecule has 27 heavy (non-hydrogen) atoms. The molecular weight excluding hydrogens is 405 g/mol. The molecule has 0 bridgehead atoms. The van der Waals surface area contributed by atoms with E-state index in [-0.39, 0.29) is 18.3 Å². The van der Waals surface area contributed by atoms with Gasteiger partial charge < -0.3 is 10.6 Å². The van der Waals surface area contributed by atoms with Crippen LogP contribution in [0.25, 0.3) is 0 Å². The summed E-state index contributed by atoms with van der Waals surface area (Å²) in [5.41, 5.74) is 2.98. The Hall–Kier alpha value is -1.93. The van der Waals surface area contributed by atoms with Gasteiger partial charge in [0.15, 0.2) is 5.13 Å². The third-order valence-corrected chi connectivity index (χ3v) is 5.33. The highest BCUT2D eigenvalue weighted by atomic mass is 35.5. The summed E-state index contributed by atoms with van der Waals surface area (Å²) in [4.78, 5) is 17.9. The van der Waals surface area contributed by atoms with E-state index in [0.717, 1.165) is 33.0 Å². The van der Waals surface area contributed by atoms with Gasteiger partial charge in [0.05, 0.1) is 6.20 Å². The van der Waals surface area contributed by atoms with Gasteiger partial charge in [0.2, 0.25) is 5.91 Å². The molecule has 0 saturated heterocycles. The number of nitrogens with zero attached hydrogens (tertiary/aromatic N) is 3. The number of halogens is 2. The lowest BCUT2D eigenvalue weighted by molar-refractivity contribution is -0.118. The summed E-state index contributed by atoms with van der Waals surface area (Å²) in [5, 5.41) is 11.3. The van der Waals surface area contributed by atoms with Gasteiger partial charge in [-0.05, 0) is 31.2 Å². The van der Waals surface area contributed by atoms with Crippen LogP contribution >= 0.6 is 35.3 Å². The summed E-state index contributed by atoms with van der Waals surface area (Å²) < 4.78 is 1.67. The van der Waals surface area contributed by atoms with Gasteiger partial charge in [-0.3, -0.25) is 9.48 Å². The second-order valence-electron chi connectivity index (χ2n) is 6.05. The average Bonchev–Trinajstić information content (AvgIpc) is 3.21. The number of benzene rings is 1. The first kappa shape index (κ1) is 21.4. The lowest BCUT2D eigenvalue weighted by Gasteiger charge is -2.12. The number of carbonyl (C=O) groups excluding carboxylic acids is 1. The van der Waals surface area contributed by atoms with Crippen LogP contribution in [0.1, 0.15) is 27.6 Å². The Kier molecular flexibility index (Phi) is 7.38. The number of nitrogens with one attached hydrogen (secondary N) is 2. The summed E-state index contributed by atoms with van der Waals surface area (Å²) in [7, 11) is 3.56. The average molecular weight is 426 g/mol. The van der Waals surface area contributed by atoms with E-state index in [2.05, 4.69) is 26.8 Å². The highest BCUT2D eigenvalue weighted by Gasteiger charge is 2.21. The van der Waals surface area contributed by atoms with E-state index in [0.29, 0.717) is 5.13 Å². The predicted octanol–water partition coefficient (Wildman–Crippen LogP) is 3.75. The molecule has 6 nitrogen and oxygen atoms in total. The molecule has 1 atom stereocenters. The van der Waals surface area contributed by atoms with Gasteiger partial charge in [0.25, 0.3) is 0 Å². The Morgan fingerprint density at radius 1 is 1.37 bits per heavy atom. The predicted molar refractivity (Wildman–Crippen MR) is 112 cm³/mol. The van der Waals surface area contributed by atoms with Crippen LogP contribution in [0, 0.1) is 6.92 Å². The standard InChI is InChI=1S/C18H20ClN5OS.ClH/c1-11-4-5-12(7-15(11)19)6-14-9-21-18(26-14)23-17(25)16(20-2)13-8-22-24(3)10-13;/h4-5,7-10,16,20H,6H2,1-3H3,(H,21,23,25);1H. The van der Waals surface area contributed by atoms with Crippen molar-refractivity contribution in [2.24, 2.45) is 7.05 Å². The fraction of sp³-hybridized carbons (Fsp3) is 0.278. The van der Waals surface area contributed by atoms with Crippen LogP contribution in [0.15, 0.2) is 36.8 Å². The molecular formula is C18H21Cl2N5OS. The molecule has 0 aliphatic carbocycles. The number of hydrogen-bond acceptors (Lipinski definition) is 5. The van der Waals surface area contributed by atoms with Crippen molar-refractivity contribution >= 4 is 46.4 Å². The summed E-state index contributed by atoms with van der Waals surface area (Å²) in [6.45, 7) is 1.98. The Balaban J connectivity index is 0.00000261. The maximum Gasteiger partial charge on any atom is 0.247 e. The summed E-state index contributed by atoms with van der Waals surface area (Å²) in [6.07, 6.45) is 6.00. The van der Waals surface area contributed by atoms with Gasteiger partial charge in [0, 0.05) is 41.3 Å². The largest absolute Gasteiger partial charge is 0.305 e. The number of hydrogen-bond donors (Lipinski definition) is 2. The quantitative estimate of drug-likeness (QED) is 0.630. The minimum Gasteiger partial charge on any atom is -0.305 e. The number of rotatable bonds is 6. The lowest BCUT2D eigenvalue weighted by atomic mass is 10.1. The Morgan fingerprint density at radius 2 is 2.15 bits per heavy atom. The van der Waals surface area contributed by atoms with Crippen LogP contribution < -0.4 is 10.6 Å². The maximum atomic E-state index is 12.5. The topological polar surface area (TPSA) is 71.8 Å². The molecule has 3 aromatic rings. The second-order valence-corrected chi connectivity index (χ2v) is 7.57. The maximum absolute atomic E-state index is 12.5. The van der Waals surface area contributed by atoms with Crippen molar-refractivity contribution < 1.29 is 4.79 Å². The van der Waals surface area contributed by atoms with Gasteiger partial charge >= 0.3 is 0 Å². The molecule has 0 radical (unpaired) electrons. The van der Waals surface area contributed by atoms with Crippen molar-refractivity contribution in [1.82, 2.24) is 20.1 Å². The van der Waals surface area contributed by atoms with E-state index < -0.39 is 6.04 Å². The fourth-order valence-corrected chi connectivity index (χ4v) is 3.66. The number of amides is 1. The van der Waals surface area contributed by atoms with Crippen LogP contribution in [0.4, 0.5) is 5.13 Å². The molecule has 144 valence electrons. The van der Waals surface area contributed by atoms with E-state index in [9.17, 15) is 4.79 Å². The zero-order chi connectivity index (χ0) is 18.7. The minimum absolute atomic E-state index is 0. The first-order valence-corrected chi connectivity index (χ1v) is 9.32. The molecule has 1 aromatic carbocycles. The number of carbonyl (C=O) groups is 1. The van der Waals surface area contributed by atoms with E-state index in [1.54, 1.807) is 24.1 Å². The zero-order valence-corrected chi connectivity index (χ0v) is 17.6. The van der Waals surface area contributed by atoms with Crippen molar-refractivity contribution in [2.75, 3.05) is 12.4 Å². The molecule has 1 amide bonds. The number of likely N-dealkylation sites (N-methyl/N-ethyl adjacent to an activating group) is 1.